The molecule has 0 radical (unpaired) electrons. The van der Waals surface area contributed by atoms with Crippen molar-refractivity contribution in [3.8, 4) is 0 Å². The summed E-state index contributed by atoms with van der Waals surface area (Å²) in [5.74, 6) is 0.684. The lowest BCUT2D eigenvalue weighted by Gasteiger charge is -2.01. The molecule has 2 aromatic rings. The molecule has 120 valence electrons. The summed E-state index contributed by atoms with van der Waals surface area (Å²) in [6.07, 6.45) is 3.37. The number of hydrogen-bond donors (Lipinski definition) is 0. The van der Waals surface area contributed by atoms with Crippen LogP contribution in [0.3, 0.4) is 0 Å². The largest absolute Gasteiger partial charge is 0.415 e. The maximum atomic E-state index is 12.2. The standard InChI is InChI=1S/C14H17ClN2O3S2/c1-2-3-4-9-21-14-17-16-13(20-14)10-22(18,19)12-7-5-11(15)6-8-12/h5-8H,2-4,9-10H2,1H3. The van der Waals surface area contributed by atoms with E-state index in [4.69, 9.17) is 16.0 Å². The zero-order valence-corrected chi connectivity index (χ0v) is 14.5. The Bertz CT molecular complexity index is 699. The van der Waals surface area contributed by atoms with Gasteiger partial charge in [-0.2, -0.15) is 0 Å². The van der Waals surface area contributed by atoms with Crippen LogP contribution in [0.4, 0.5) is 0 Å². The van der Waals surface area contributed by atoms with Crippen molar-refractivity contribution in [2.75, 3.05) is 5.75 Å². The molecule has 0 bridgehead atoms. The minimum atomic E-state index is -3.51. The SMILES string of the molecule is CCCCCSc1nnc(CS(=O)(=O)c2ccc(Cl)cc2)o1. The third kappa shape index (κ3) is 5.00. The molecule has 1 aromatic carbocycles. The first-order valence-electron chi connectivity index (χ1n) is 6.95. The molecule has 5 nitrogen and oxygen atoms in total. The van der Waals surface area contributed by atoms with E-state index in [9.17, 15) is 8.42 Å². The van der Waals surface area contributed by atoms with Gasteiger partial charge in [0.1, 0.15) is 5.75 Å². The van der Waals surface area contributed by atoms with Crippen LogP contribution in [0, 0.1) is 0 Å². The molecule has 0 unspecified atom stereocenters. The van der Waals surface area contributed by atoms with Crippen molar-refractivity contribution in [3.05, 3.63) is 35.2 Å². The van der Waals surface area contributed by atoms with E-state index in [1.54, 1.807) is 0 Å². The summed E-state index contributed by atoms with van der Waals surface area (Å²) in [5, 5.41) is 8.57. The Kier molecular flexibility index (Phi) is 6.28. The quantitative estimate of drug-likeness (QED) is 0.523. The number of thioether (sulfide) groups is 1. The monoisotopic (exact) mass is 360 g/mol. The molecule has 0 aliphatic heterocycles. The highest BCUT2D eigenvalue weighted by atomic mass is 35.5. The molecular weight excluding hydrogens is 344 g/mol. The van der Waals surface area contributed by atoms with Crippen molar-refractivity contribution in [1.82, 2.24) is 10.2 Å². The van der Waals surface area contributed by atoms with E-state index in [2.05, 4.69) is 17.1 Å². The van der Waals surface area contributed by atoms with Gasteiger partial charge < -0.3 is 4.42 Å². The molecule has 22 heavy (non-hydrogen) atoms. The van der Waals surface area contributed by atoms with Crippen molar-refractivity contribution >= 4 is 33.2 Å². The Morgan fingerprint density at radius 1 is 1.18 bits per heavy atom. The summed E-state index contributed by atoms with van der Waals surface area (Å²) in [5.41, 5.74) is 0. The average molecular weight is 361 g/mol. The fourth-order valence-corrected chi connectivity index (χ4v) is 3.82. The fraction of sp³-hybridized carbons (Fsp3) is 0.429. The summed E-state index contributed by atoms with van der Waals surface area (Å²) in [4.78, 5) is 0.187. The van der Waals surface area contributed by atoms with E-state index in [1.165, 1.54) is 36.0 Å². The Labute approximate surface area is 139 Å². The lowest BCUT2D eigenvalue weighted by atomic mass is 10.3. The van der Waals surface area contributed by atoms with E-state index in [-0.39, 0.29) is 16.5 Å². The topological polar surface area (TPSA) is 73.1 Å². The van der Waals surface area contributed by atoms with Gasteiger partial charge in [0.25, 0.3) is 5.22 Å². The van der Waals surface area contributed by atoms with Gasteiger partial charge in [-0.25, -0.2) is 8.42 Å². The van der Waals surface area contributed by atoms with Crippen molar-refractivity contribution in [1.29, 1.82) is 0 Å². The van der Waals surface area contributed by atoms with Gasteiger partial charge in [-0.15, -0.1) is 10.2 Å². The number of aromatic nitrogens is 2. The van der Waals surface area contributed by atoms with E-state index >= 15 is 0 Å². The van der Waals surface area contributed by atoms with E-state index in [0.29, 0.717) is 10.2 Å². The van der Waals surface area contributed by atoms with Gasteiger partial charge in [-0.05, 0) is 30.7 Å². The van der Waals surface area contributed by atoms with Crippen molar-refractivity contribution in [2.24, 2.45) is 0 Å². The Balaban J connectivity index is 1.98. The molecule has 0 saturated heterocycles. The molecule has 2 rings (SSSR count). The van der Waals surface area contributed by atoms with Crippen LogP contribution in [-0.4, -0.2) is 24.4 Å². The first-order chi connectivity index (χ1) is 10.5. The van der Waals surface area contributed by atoms with Gasteiger partial charge in [-0.1, -0.05) is 43.1 Å². The Morgan fingerprint density at radius 2 is 1.91 bits per heavy atom. The second-order valence-electron chi connectivity index (χ2n) is 4.73. The summed E-state index contributed by atoms with van der Waals surface area (Å²) in [6, 6.07) is 6.01. The molecule has 1 aromatic heterocycles. The predicted molar refractivity (Wildman–Crippen MR) is 86.9 cm³/mol. The molecule has 0 N–H and O–H groups in total. The maximum Gasteiger partial charge on any atom is 0.276 e. The van der Waals surface area contributed by atoms with E-state index < -0.39 is 9.84 Å². The van der Waals surface area contributed by atoms with Gasteiger partial charge in [0.15, 0.2) is 9.84 Å². The molecule has 0 saturated carbocycles. The highest BCUT2D eigenvalue weighted by Gasteiger charge is 2.19. The molecule has 0 amide bonds. The Hall–Kier alpha value is -1.05. The number of sulfone groups is 1. The zero-order valence-electron chi connectivity index (χ0n) is 12.2. The highest BCUT2D eigenvalue weighted by molar-refractivity contribution is 7.99. The maximum absolute atomic E-state index is 12.2. The number of benzene rings is 1. The number of halogens is 1. The molecule has 0 aliphatic rings. The molecule has 0 atom stereocenters. The second kappa shape index (κ2) is 7.99. The third-order valence-corrected chi connectivity index (χ3v) is 5.68. The second-order valence-corrected chi connectivity index (χ2v) is 8.20. The van der Waals surface area contributed by atoms with Crippen LogP contribution in [0.25, 0.3) is 0 Å². The molecule has 0 fully saturated rings. The van der Waals surface area contributed by atoms with Crippen molar-refractivity contribution in [2.45, 2.75) is 42.1 Å². The van der Waals surface area contributed by atoms with Gasteiger partial charge in [0.2, 0.25) is 5.89 Å². The fourth-order valence-electron chi connectivity index (χ4n) is 1.75. The first-order valence-corrected chi connectivity index (χ1v) is 9.96. The zero-order chi connectivity index (χ0) is 16.0. The predicted octanol–water partition coefficient (Wildman–Crippen LogP) is 3.98. The van der Waals surface area contributed by atoms with Crippen LogP contribution in [0.5, 0.6) is 0 Å². The lowest BCUT2D eigenvalue weighted by molar-refractivity contribution is 0.423. The molecule has 8 heteroatoms. The van der Waals surface area contributed by atoms with E-state index in [1.807, 2.05) is 0 Å². The van der Waals surface area contributed by atoms with Gasteiger partial charge in [0, 0.05) is 10.8 Å². The number of hydrogen-bond acceptors (Lipinski definition) is 6. The minimum Gasteiger partial charge on any atom is -0.415 e. The van der Waals surface area contributed by atoms with Crippen LogP contribution < -0.4 is 0 Å². The summed E-state index contributed by atoms with van der Waals surface area (Å²) in [6.45, 7) is 2.14. The minimum absolute atomic E-state index is 0.105. The van der Waals surface area contributed by atoms with E-state index in [0.717, 1.165) is 25.0 Å². The van der Waals surface area contributed by atoms with Crippen LogP contribution >= 0.6 is 23.4 Å². The van der Waals surface area contributed by atoms with Crippen LogP contribution in [0.1, 0.15) is 32.1 Å². The molecular formula is C14H17ClN2O3S2. The molecule has 0 spiro atoms. The van der Waals surface area contributed by atoms with Crippen LogP contribution in [0.15, 0.2) is 38.8 Å². The van der Waals surface area contributed by atoms with Gasteiger partial charge in [-0.3, -0.25) is 0 Å². The summed E-state index contributed by atoms with van der Waals surface area (Å²) >= 11 is 7.21. The lowest BCUT2D eigenvalue weighted by Crippen LogP contribution is -2.05. The van der Waals surface area contributed by atoms with Crippen LogP contribution in [0.2, 0.25) is 5.02 Å². The summed E-state index contributed by atoms with van der Waals surface area (Å²) in [7, 11) is -3.51. The Morgan fingerprint density at radius 3 is 2.59 bits per heavy atom. The molecule has 0 aliphatic carbocycles. The number of unbranched alkanes of at least 4 members (excludes halogenated alkanes) is 2. The highest BCUT2D eigenvalue weighted by Crippen LogP contribution is 2.22. The first kappa shape index (κ1) is 17.3. The van der Waals surface area contributed by atoms with Crippen molar-refractivity contribution in [3.63, 3.8) is 0 Å². The average Bonchev–Trinajstić information content (AvgIpc) is 2.91. The smallest absolute Gasteiger partial charge is 0.276 e. The number of nitrogens with zero attached hydrogens (tertiary/aromatic N) is 2. The molecule has 1 heterocycles. The summed E-state index contributed by atoms with van der Waals surface area (Å²) < 4.78 is 29.9. The third-order valence-electron chi connectivity index (χ3n) is 2.91. The van der Waals surface area contributed by atoms with Crippen LogP contribution in [-0.2, 0) is 15.6 Å². The number of rotatable bonds is 8. The normalized spacial score (nSPS) is 11.7. The van der Waals surface area contributed by atoms with Gasteiger partial charge >= 0.3 is 0 Å². The van der Waals surface area contributed by atoms with Crippen molar-refractivity contribution < 1.29 is 12.8 Å². The van der Waals surface area contributed by atoms with Gasteiger partial charge in [0.05, 0.1) is 4.90 Å².